The maximum Gasteiger partial charge on any atom is 0.0600 e. The number of nitrogens with zero attached hydrogens (tertiary/aromatic N) is 1. The topological polar surface area (TPSA) is 35.5 Å². The largest absolute Gasteiger partial charge is 0.395 e. The van der Waals surface area contributed by atoms with Crippen LogP contribution in [0.2, 0.25) is 0 Å². The number of aliphatic hydroxyl groups excluding tert-OH is 1. The van der Waals surface area contributed by atoms with Crippen LogP contribution < -0.4 is 5.43 Å². The Morgan fingerprint density at radius 1 is 1.78 bits per heavy atom. The van der Waals surface area contributed by atoms with Gasteiger partial charge in [0.05, 0.1) is 6.61 Å². The smallest absolute Gasteiger partial charge is 0.0600 e. The average Bonchev–Trinajstić information content (AvgIpc) is 2.33. The molecule has 0 radical (unpaired) electrons. The molecule has 0 amide bonds. The van der Waals surface area contributed by atoms with E-state index in [4.69, 9.17) is 5.11 Å². The summed E-state index contributed by atoms with van der Waals surface area (Å²) >= 11 is 0. The second-order valence-corrected chi connectivity index (χ2v) is 2.40. The first-order valence-corrected chi connectivity index (χ1v) is 3.43. The van der Waals surface area contributed by atoms with Crippen LogP contribution in [0.1, 0.15) is 12.8 Å². The molecule has 1 saturated heterocycles. The van der Waals surface area contributed by atoms with Crippen molar-refractivity contribution < 1.29 is 5.11 Å². The van der Waals surface area contributed by atoms with Crippen LogP contribution >= 0.6 is 0 Å². The molecule has 9 heavy (non-hydrogen) atoms. The van der Waals surface area contributed by atoms with Crippen molar-refractivity contribution in [3.63, 3.8) is 0 Å². The third-order valence-corrected chi connectivity index (χ3v) is 1.88. The fraction of sp³-hybridized carbons (Fsp3) is 1.00. The zero-order valence-corrected chi connectivity index (χ0v) is 5.80. The SMILES string of the molecule is CNN1CCCC1CO. The van der Waals surface area contributed by atoms with E-state index in [2.05, 4.69) is 10.4 Å². The molecule has 0 aromatic rings. The first-order valence-electron chi connectivity index (χ1n) is 3.43. The number of hydrogen-bond acceptors (Lipinski definition) is 3. The Labute approximate surface area is 55.6 Å². The minimum Gasteiger partial charge on any atom is -0.395 e. The Bertz CT molecular complexity index is 77.1. The van der Waals surface area contributed by atoms with Gasteiger partial charge in [-0.2, -0.15) is 0 Å². The predicted molar refractivity (Wildman–Crippen MR) is 35.9 cm³/mol. The van der Waals surface area contributed by atoms with Crippen LogP contribution in [0, 0.1) is 0 Å². The normalized spacial score (nSPS) is 29.3. The van der Waals surface area contributed by atoms with E-state index in [9.17, 15) is 0 Å². The maximum absolute atomic E-state index is 8.79. The van der Waals surface area contributed by atoms with E-state index < -0.39 is 0 Å². The Morgan fingerprint density at radius 2 is 2.56 bits per heavy atom. The van der Waals surface area contributed by atoms with Gasteiger partial charge in [0.2, 0.25) is 0 Å². The van der Waals surface area contributed by atoms with Crippen LogP contribution in [-0.4, -0.2) is 36.4 Å². The third kappa shape index (κ3) is 1.41. The van der Waals surface area contributed by atoms with Crippen molar-refractivity contribution in [2.24, 2.45) is 0 Å². The summed E-state index contributed by atoms with van der Waals surface area (Å²) in [4.78, 5) is 0. The molecule has 0 aromatic heterocycles. The average molecular weight is 130 g/mol. The Hall–Kier alpha value is -0.120. The van der Waals surface area contributed by atoms with E-state index in [0.717, 1.165) is 13.0 Å². The number of aliphatic hydroxyl groups is 1. The summed E-state index contributed by atoms with van der Waals surface area (Å²) in [5, 5.41) is 10.9. The fourth-order valence-electron chi connectivity index (χ4n) is 1.32. The van der Waals surface area contributed by atoms with Crippen molar-refractivity contribution in [3.8, 4) is 0 Å². The van der Waals surface area contributed by atoms with Crippen LogP contribution in [0.5, 0.6) is 0 Å². The van der Waals surface area contributed by atoms with Crippen LogP contribution in [0.4, 0.5) is 0 Å². The van der Waals surface area contributed by atoms with Gasteiger partial charge in [-0.1, -0.05) is 0 Å². The zero-order valence-electron chi connectivity index (χ0n) is 5.80. The Balaban J connectivity index is 2.32. The number of nitrogens with one attached hydrogen (secondary N) is 1. The molecule has 2 N–H and O–H groups in total. The summed E-state index contributed by atoms with van der Waals surface area (Å²) in [6.07, 6.45) is 2.32. The lowest BCUT2D eigenvalue weighted by Crippen LogP contribution is -2.40. The van der Waals surface area contributed by atoms with Crippen LogP contribution in [-0.2, 0) is 0 Å². The van der Waals surface area contributed by atoms with Gasteiger partial charge >= 0.3 is 0 Å². The van der Waals surface area contributed by atoms with Gasteiger partial charge in [0.1, 0.15) is 0 Å². The molecule has 1 atom stereocenters. The summed E-state index contributed by atoms with van der Waals surface area (Å²) in [7, 11) is 1.90. The second-order valence-electron chi connectivity index (χ2n) is 2.40. The summed E-state index contributed by atoms with van der Waals surface area (Å²) in [5.41, 5.74) is 3.04. The van der Waals surface area contributed by atoms with Crippen molar-refractivity contribution in [1.82, 2.24) is 10.4 Å². The lowest BCUT2D eigenvalue weighted by Gasteiger charge is -2.20. The summed E-state index contributed by atoms with van der Waals surface area (Å²) in [6, 6.07) is 0.356. The highest BCUT2D eigenvalue weighted by Gasteiger charge is 2.21. The first kappa shape index (κ1) is 6.99. The molecule has 3 heteroatoms. The molecule has 0 bridgehead atoms. The molecule has 3 nitrogen and oxygen atoms in total. The monoisotopic (exact) mass is 130 g/mol. The molecule has 1 aliphatic heterocycles. The van der Waals surface area contributed by atoms with Crippen LogP contribution in [0.25, 0.3) is 0 Å². The van der Waals surface area contributed by atoms with Gasteiger partial charge in [-0.05, 0) is 19.9 Å². The highest BCUT2D eigenvalue weighted by atomic mass is 16.3. The van der Waals surface area contributed by atoms with Gasteiger partial charge in [0.25, 0.3) is 0 Å². The summed E-state index contributed by atoms with van der Waals surface area (Å²) < 4.78 is 0. The van der Waals surface area contributed by atoms with Crippen molar-refractivity contribution in [2.75, 3.05) is 20.2 Å². The van der Waals surface area contributed by atoms with Crippen molar-refractivity contribution in [3.05, 3.63) is 0 Å². The van der Waals surface area contributed by atoms with Crippen molar-refractivity contribution in [2.45, 2.75) is 18.9 Å². The molecule has 0 aliphatic carbocycles. The first-order chi connectivity index (χ1) is 4.38. The lowest BCUT2D eigenvalue weighted by atomic mass is 10.2. The Morgan fingerprint density at radius 3 is 3.00 bits per heavy atom. The quantitative estimate of drug-likeness (QED) is 0.533. The molecule has 1 aliphatic rings. The van der Waals surface area contributed by atoms with E-state index in [1.165, 1.54) is 6.42 Å². The molecular formula is C6H14N2O. The number of hydrogen-bond donors (Lipinski definition) is 2. The molecular weight excluding hydrogens is 116 g/mol. The number of hydrazine groups is 1. The third-order valence-electron chi connectivity index (χ3n) is 1.88. The van der Waals surface area contributed by atoms with Gasteiger partial charge in [0.15, 0.2) is 0 Å². The van der Waals surface area contributed by atoms with Gasteiger partial charge < -0.3 is 5.11 Å². The van der Waals surface area contributed by atoms with Crippen molar-refractivity contribution >= 4 is 0 Å². The molecule has 1 heterocycles. The van der Waals surface area contributed by atoms with Crippen molar-refractivity contribution in [1.29, 1.82) is 0 Å². The van der Waals surface area contributed by atoms with E-state index in [1.807, 2.05) is 7.05 Å². The van der Waals surface area contributed by atoms with Crippen LogP contribution in [0.3, 0.4) is 0 Å². The second kappa shape index (κ2) is 3.15. The summed E-state index contributed by atoms with van der Waals surface area (Å²) in [5.74, 6) is 0. The zero-order chi connectivity index (χ0) is 6.69. The molecule has 1 rings (SSSR count). The van der Waals surface area contributed by atoms with Gasteiger partial charge in [-0.25, -0.2) is 5.01 Å². The molecule has 1 fully saturated rings. The molecule has 0 spiro atoms. The van der Waals surface area contributed by atoms with Gasteiger partial charge in [-0.3, -0.25) is 5.43 Å². The maximum atomic E-state index is 8.79. The van der Waals surface area contributed by atoms with E-state index in [0.29, 0.717) is 6.04 Å². The van der Waals surface area contributed by atoms with E-state index >= 15 is 0 Å². The summed E-state index contributed by atoms with van der Waals surface area (Å²) in [6.45, 7) is 1.35. The van der Waals surface area contributed by atoms with E-state index in [-0.39, 0.29) is 6.61 Å². The van der Waals surface area contributed by atoms with Gasteiger partial charge in [0, 0.05) is 12.6 Å². The molecule has 1 unspecified atom stereocenters. The standard InChI is InChI=1S/C6H14N2O/c1-7-8-4-2-3-6(8)5-9/h6-7,9H,2-5H2,1H3. The lowest BCUT2D eigenvalue weighted by molar-refractivity contribution is 0.123. The molecule has 0 aromatic carbocycles. The highest BCUT2D eigenvalue weighted by Crippen LogP contribution is 2.12. The van der Waals surface area contributed by atoms with Crippen LogP contribution in [0.15, 0.2) is 0 Å². The highest BCUT2D eigenvalue weighted by molar-refractivity contribution is 4.74. The predicted octanol–water partition coefficient (Wildman–Crippen LogP) is -0.423. The Kier molecular flexibility index (Phi) is 2.45. The number of rotatable bonds is 2. The minimum atomic E-state index is 0.279. The molecule has 0 saturated carbocycles. The fourth-order valence-corrected chi connectivity index (χ4v) is 1.32. The van der Waals surface area contributed by atoms with E-state index in [1.54, 1.807) is 0 Å². The van der Waals surface area contributed by atoms with Gasteiger partial charge in [-0.15, -0.1) is 0 Å². The molecule has 54 valence electrons. The minimum absolute atomic E-state index is 0.279.